The fraction of sp³-hybridized carbons (Fsp3) is 0.409. The van der Waals surface area contributed by atoms with Crippen molar-refractivity contribution in [3.05, 3.63) is 53.3 Å². The number of rotatable bonds is 1. The van der Waals surface area contributed by atoms with E-state index in [9.17, 15) is 4.39 Å². The Labute approximate surface area is 163 Å². The van der Waals surface area contributed by atoms with Gasteiger partial charge < -0.3 is 19.9 Å². The molecule has 2 N–H and O–H groups in total. The Morgan fingerprint density at radius 3 is 2.79 bits per heavy atom. The Bertz CT molecular complexity index is 971. The summed E-state index contributed by atoms with van der Waals surface area (Å²) in [5.41, 5.74) is 8.12. The maximum Gasteiger partial charge on any atom is 0.283 e. The number of halogens is 1. The molecule has 1 saturated heterocycles. The fourth-order valence-corrected chi connectivity index (χ4v) is 4.83. The van der Waals surface area contributed by atoms with E-state index in [0.717, 1.165) is 40.8 Å². The smallest absolute Gasteiger partial charge is 0.283 e. The first-order valence-corrected chi connectivity index (χ1v) is 9.60. The Morgan fingerprint density at radius 1 is 1.18 bits per heavy atom. The van der Waals surface area contributed by atoms with Crippen molar-refractivity contribution < 1.29 is 18.6 Å². The molecule has 146 valence electrons. The first-order valence-electron chi connectivity index (χ1n) is 9.60. The maximum atomic E-state index is 14.0. The zero-order valence-electron chi connectivity index (χ0n) is 16.0. The van der Waals surface area contributed by atoms with Crippen LogP contribution in [-0.2, 0) is 15.0 Å². The molecule has 28 heavy (non-hydrogen) atoms. The molecular formula is C22H23FN2O3. The summed E-state index contributed by atoms with van der Waals surface area (Å²) in [6.07, 6.45) is 1.50. The molecule has 3 aliphatic heterocycles. The first-order chi connectivity index (χ1) is 13.4. The maximum absolute atomic E-state index is 14.0. The Morgan fingerprint density at radius 2 is 2.04 bits per heavy atom. The Balaban J connectivity index is 1.70. The lowest BCUT2D eigenvalue weighted by Gasteiger charge is -2.51. The van der Waals surface area contributed by atoms with Crippen molar-refractivity contribution in [2.24, 2.45) is 10.7 Å². The van der Waals surface area contributed by atoms with Crippen LogP contribution in [0.3, 0.4) is 0 Å². The normalized spacial score (nSPS) is 30.8. The summed E-state index contributed by atoms with van der Waals surface area (Å²) in [5.74, 6) is 0.497. The van der Waals surface area contributed by atoms with Gasteiger partial charge in [0.05, 0.1) is 0 Å². The van der Waals surface area contributed by atoms with E-state index in [-0.39, 0.29) is 17.9 Å². The van der Waals surface area contributed by atoms with Crippen LogP contribution in [0.15, 0.2) is 41.4 Å². The monoisotopic (exact) mass is 382 g/mol. The van der Waals surface area contributed by atoms with Crippen LogP contribution in [0.5, 0.6) is 5.75 Å². The van der Waals surface area contributed by atoms with Crippen LogP contribution in [-0.4, -0.2) is 30.9 Å². The summed E-state index contributed by atoms with van der Waals surface area (Å²) >= 11 is 0. The van der Waals surface area contributed by atoms with E-state index in [1.165, 1.54) is 12.1 Å². The summed E-state index contributed by atoms with van der Waals surface area (Å²) in [6.45, 7) is 4.90. The second kappa shape index (κ2) is 5.95. The molecular weight excluding hydrogens is 359 g/mol. The number of nitrogens with zero attached hydrogens (tertiary/aromatic N) is 1. The van der Waals surface area contributed by atoms with E-state index in [0.29, 0.717) is 13.2 Å². The first kappa shape index (κ1) is 17.5. The fourth-order valence-electron chi connectivity index (χ4n) is 4.83. The average Bonchev–Trinajstić information content (AvgIpc) is 3.03. The van der Waals surface area contributed by atoms with E-state index in [2.05, 4.69) is 6.92 Å². The van der Waals surface area contributed by atoms with Gasteiger partial charge in [-0.3, -0.25) is 0 Å². The van der Waals surface area contributed by atoms with Gasteiger partial charge in [-0.25, -0.2) is 9.38 Å². The van der Waals surface area contributed by atoms with Gasteiger partial charge >= 0.3 is 0 Å². The lowest BCUT2D eigenvalue weighted by Crippen LogP contribution is -2.62. The summed E-state index contributed by atoms with van der Waals surface area (Å²) in [7, 11) is 0. The van der Waals surface area contributed by atoms with Crippen molar-refractivity contribution in [3.63, 3.8) is 0 Å². The van der Waals surface area contributed by atoms with Crippen molar-refractivity contribution in [2.75, 3.05) is 13.2 Å². The third-order valence-corrected chi connectivity index (χ3v) is 6.00. The highest BCUT2D eigenvalue weighted by molar-refractivity contribution is 5.76. The molecule has 0 saturated carbocycles. The molecule has 2 aromatic rings. The highest BCUT2D eigenvalue weighted by Gasteiger charge is 2.60. The molecule has 5 rings (SSSR count). The predicted octanol–water partition coefficient (Wildman–Crippen LogP) is 3.67. The van der Waals surface area contributed by atoms with Gasteiger partial charge in [0.1, 0.15) is 29.9 Å². The number of aliphatic imine (C=N–C) groups is 1. The topological polar surface area (TPSA) is 66.1 Å². The van der Waals surface area contributed by atoms with Crippen molar-refractivity contribution >= 4 is 6.02 Å². The summed E-state index contributed by atoms with van der Waals surface area (Å²) in [6, 6.07) is 11.1. The van der Waals surface area contributed by atoms with Gasteiger partial charge in [-0.05, 0) is 67.6 Å². The number of ether oxygens (including phenoxy) is 3. The quantitative estimate of drug-likeness (QED) is 0.817. The second-order valence-electron chi connectivity index (χ2n) is 8.16. The molecule has 3 atom stereocenters. The van der Waals surface area contributed by atoms with Crippen molar-refractivity contribution in [1.29, 1.82) is 0 Å². The van der Waals surface area contributed by atoms with Crippen LogP contribution in [0.25, 0.3) is 11.1 Å². The van der Waals surface area contributed by atoms with Crippen LogP contribution >= 0.6 is 0 Å². The van der Waals surface area contributed by atoms with E-state index in [1.54, 1.807) is 0 Å². The van der Waals surface area contributed by atoms with Crippen molar-refractivity contribution in [3.8, 4) is 16.9 Å². The number of fused-ring (bicyclic) bond motifs is 4. The summed E-state index contributed by atoms with van der Waals surface area (Å²) in [5, 5.41) is 0. The molecule has 1 unspecified atom stereocenters. The number of aryl methyl sites for hydroxylation is 1. The number of hydrogen-bond acceptors (Lipinski definition) is 5. The van der Waals surface area contributed by atoms with Crippen molar-refractivity contribution in [1.82, 2.24) is 0 Å². The lowest BCUT2D eigenvalue weighted by atomic mass is 9.72. The van der Waals surface area contributed by atoms with Gasteiger partial charge in [-0.2, -0.15) is 0 Å². The molecule has 0 amide bonds. The largest absolute Gasteiger partial charge is 0.484 e. The molecule has 1 spiro atoms. The summed E-state index contributed by atoms with van der Waals surface area (Å²) < 4.78 is 32.2. The Kier molecular flexibility index (Phi) is 3.72. The number of hydrogen-bond donors (Lipinski definition) is 1. The minimum Gasteiger partial charge on any atom is -0.484 e. The van der Waals surface area contributed by atoms with Crippen LogP contribution in [0.4, 0.5) is 4.39 Å². The predicted molar refractivity (Wildman–Crippen MR) is 104 cm³/mol. The van der Waals surface area contributed by atoms with Crippen molar-refractivity contribution in [2.45, 2.75) is 43.9 Å². The van der Waals surface area contributed by atoms with Gasteiger partial charge in [0.15, 0.2) is 5.54 Å². The SMILES string of the molecule is Cc1cc(F)cc(-c2ccc3c(c2)C2(COC(N)=N2)[C@H]2OCCC[C@]2(C)O3)c1. The zero-order chi connectivity index (χ0) is 19.5. The van der Waals surface area contributed by atoms with Gasteiger partial charge in [0.25, 0.3) is 6.02 Å². The van der Waals surface area contributed by atoms with Gasteiger partial charge in [-0.1, -0.05) is 12.1 Å². The van der Waals surface area contributed by atoms with Gasteiger partial charge in [0, 0.05) is 12.2 Å². The highest BCUT2D eigenvalue weighted by Crippen LogP contribution is 2.52. The van der Waals surface area contributed by atoms with E-state index >= 15 is 0 Å². The van der Waals surface area contributed by atoms with Gasteiger partial charge in [0.2, 0.25) is 0 Å². The van der Waals surface area contributed by atoms with Gasteiger partial charge in [-0.15, -0.1) is 0 Å². The standard InChI is InChI=1S/C22H23FN2O3/c1-13-8-15(10-16(23)9-13)14-4-5-18-17(11-14)22(12-27-20(24)25-22)19-21(2,28-18)6-3-7-26-19/h4-5,8-11,19H,3,6-7,12H2,1-2H3,(H2,24,25)/t19-,21-,22?/m0/s1. The molecule has 0 aliphatic carbocycles. The number of amidine groups is 1. The van der Waals surface area contributed by atoms with E-state index in [4.69, 9.17) is 24.9 Å². The second-order valence-corrected chi connectivity index (χ2v) is 8.16. The molecule has 6 heteroatoms. The molecule has 0 radical (unpaired) electrons. The molecule has 1 fully saturated rings. The number of benzene rings is 2. The molecule has 0 bridgehead atoms. The number of nitrogens with two attached hydrogens (primary N) is 1. The molecule has 0 aromatic heterocycles. The molecule has 2 aromatic carbocycles. The minimum atomic E-state index is -0.759. The van der Waals surface area contributed by atoms with Crippen LogP contribution in [0, 0.1) is 12.7 Å². The third kappa shape index (κ3) is 2.51. The summed E-state index contributed by atoms with van der Waals surface area (Å²) in [4.78, 5) is 4.71. The molecule has 3 heterocycles. The van der Waals surface area contributed by atoms with Crippen LogP contribution < -0.4 is 10.5 Å². The Hall–Kier alpha value is -2.60. The highest BCUT2D eigenvalue weighted by atomic mass is 19.1. The van der Waals surface area contributed by atoms with E-state index < -0.39 is 11.1 Å². The van der Waals surface area contributed by atoms with E-state index in [1.807, 2.05) is 31.2 Å². The zero-order valence-corrected chi connectivity index (χ0v) is 16.0. The molecule has 5 nitrogen and oxygen atoms in total. The molecule has 3 aliphatic rings. The van der Waals surface area contributed by atoms with Crippen LogP contribution in [0.1, 0.15) is 30.9 Å². The minimum absolute atomic E-state index is 0.163. The third-order valence-electron chi connectivity index (χ3n) is 6.00. The lowest BCUT2D eigenvalue weighted by molar-refractivity contribution is -0.167. The van der Waals surface area contributed by atoms with Crippen LogP contribution in [0.2, 0.25) is 0 Å². The average molecular weight is 382 g/mol.